The van der Waals surface area contributed by atoms with Crippen LogP contribution in [0.2, 0.25) is 0 Å². The lowest BCUT2D eigenvalue weighted by Gasteiger charge is -2.32. The highest BCUT2D eigenvalue weighted by Crippen LogP contribution is 2.30. The zero-order valence-corrected chi connectivity index (χ0v) is 15.3. The molecule has 0 saturated carbocycles. The second-order valence-corrected chi connectivity index (χ2v) is 6.95. The van der Waals surface area contributed by atoms with E-state index in [1.807, 2.05) is 36.9 Å². The molecule has 1 aromatic carbocycles. The number of aromatic nitrogens is 1. The molecule has 4 nitrogen and oxygen atoms in total. The first-order valence-corrected chi connectivity index (χ1v) is 8.90. The van der Waals surface area contributed by atoms with Gasteiger partial charge in [0.25, 0.3) is 0 Å². The third-order valence-electron chi connectivity index (χ3n) is 5.04. The minimum absolute atomic E-state index is 0.0155. The Bertz CT molecular complexity index is 810. The largest absolute Gasteiger partial charge is 0.417 e. The predicted molar refractivity (Wildman–Crippen MR) is 98.7 cm³/mol. The fourth-order valence-corrected chi connectivity index (χ4v) is 3.18. The van der Waals surface area contributed by atoms with Crippen LogP contribution in [0.5, 0.6) is 0 Å². The fourth-order valence-electron chi connectivity index (χ4n) is 3.18. The Balaban J connectivity index is 1.56. The van der Waals surface area contributed by atoms with Crippen LogP contribution in [0.25, 0.3) is 0 Å². The van der Waals surface area contributed by atoms with Crippen molar-refractivity contribution in [2.45, 2.75) is 32.9 Å². The molecule has 0 atom stereocenters. The molecule has 0 radical (unpaired) electrons. The SMILES string of the molecule is Cc1ccc(NC(=O)C2CCN(c3ccc(C(F)(F)F)cn3)CC2)cc1C. The summed E-state index contributed by atoms with van der Waals surface area (Å²) in [5, 5.41) is 2.96. The molecule has 1 aromatic heterocycles. The topological polar surface area (TPSA) is 45.2 Å². The molecule has 2 aromatic rings. The van der Waals surface area contributed by atoms with Gasteiger partial charge in [-0.3, -0.25) is 4.79 Å². The smallest absolute Gasteiger partial charge is 0.357 e. The summed E-state index contributed by atoms with van der Waals surface area (Å²) in [7, 11) is 0. The number of benzene rings is 1. The number of hydrogen-bond donors (Lipinski definition) is 1. The van der Waals surface area contributed by atoms with Gasteiger partial charge in [0.15, 0.2) is 0 Å². The molecule has 1 aliphatic heterocycles. The van der Waals surface area contributed by atoms with E-state index < -0.39 is 11.7 Å². The van der Waals surface area contributed by atoms with Crippen LogP contribution in [0.15, 0.2) is 36.5 Å². The number of nitrogens with zero attached hydrogens (tertiary/aromatic N) is 2. The Morgan fingerprint density at radius 1 is 1.11 bits per heavy atom. The zero-order chi connectivity index (χ0) is 19.6. The molecule has 0 unspecified atom stereocenters. The van der Waals surface area contributed by atoms with E-state index in [4.69, 9.17) is 0 Å². The lowest BCUT2D eigenvalue weighted by atomic mass is 9.95. The van der Waals surface area contributed by atoms with E-state index in [1.165, 1.54) is 11.6 Å². The van der Waals surface area contributed by atoms with E-state index >= 15 is 0 Å². The van der Waals surface area contributed by atoms with Gasteiger partial charge in [0.2, 0.25) is 5.91 Å². The van der Waals surface area contributed by atoms with Crippen molar-refractivity contribution in [3.63, 3.8) is 0 Å². The van der Waals surface area contributed by atoms with Crippen LogP contribution in [-0.4, -0.2) is 24.0 Å². The van der Waals surface area contributed by atoms with Crippen LogP contribution in [-0.2, 0) is 11.0 Å². The van der Waals surface area contributed by atoms with E-state index in [2.05, 4.69) is 10.3 Å². The molecular weight excluding hydrogens is 355 g/mol. The van der Waals surface area contributed by atoms with Crippen LogP contribution < -0.4 is 10.2 Å². The van der Waals surface area contributed by atoms with Gasteiger partial charge in [-0.25, -0.2) is 4.98 Å². The Morgan fingerprint density at radius 3 is 2.37 bits per heavy atom. The molecule has 144 valence electrons. The monoisotopic (exact) mass is 377 g/mol. The summed E-state index contributed by atoms with van der Waals surface area (Å²) in [5.41, 5.74) is 2.32. The quantitative estimate of drug-likeness (QED) is 0.852. The highest BCUT2D eigenvalue weighted by atomic mass is 19.4. The summed E-state index contributed by atoms with van der Waals surface area (Å²) in [5.74, 6) is 0.381. The molecule has 2 heterocycles. The molecule has 1 aliphatic rings. The number of carbonyl (C=O) groups is 1. The number of aryl methyl sites for hydroxylation is 2. The summed E-state index contributed by atoms with van der Waals surface area (Å²) in [4.78, 5) is 18.3. The fraction of sp³-hybridized carbons (Fsp3) is 0.400. The van der Waals surface area contributed by atoms with Gasteiger partial charge in [-0.1, -0.05) is 6.07 Å². The number of nitrogens with one attached hydrogen (secondary N) is 1. The summed E-state index contributed by atoms with van der Waals surface area (Å²) >= 11 is 0. The van der Waals surface area contributed by atoms with Crippen LogP contribution in [0.3, 0.4) is 0 Å². The predicted octanol–water partition coefficient (Wildman–Crippen LogP) is 4.57. The highest BCUT2D eigenvalue weighted by molar-refractivity contribution is 5.92. The number of anilines is 2. The number of hydrogen-bond acceptors (Lipinski definition) is 3. The molecule has 0 aliphatic carbocycles. The number of amides is 1. The van der Waals surface area contributed by atoms with Crippen LogP contribution in [0.1, 0.15) is 29.5 Å². The van der Waals surface area contributed by atoms with Gasteiger partial charge in [-0.15, -0.1) is 0 Å². The molecule has 1 amide bonds. The maximum Gasteiger partial charge on any atom is 0.417 e. The third kappa shape index (κ3) is 4.59. The molecule has 1 fully saturated rings. The summed E-state index contributed by atoms with van der Waals surface area (Å²) < 4.78 is 37.9. The van der Waals surface area contributed by atoms with Gasteiger partial charge >= 0.3 is 6.18 Å². The Hall–Kier alpha value is -2.57. The molecule has 27 heavy (non-hydrogen) atoms. The highest BCUT2D eigenvalue weighted by Gasteiger charge is 2.31. The average molecular weight is 377 g/mol. The maximum atomic E-state index is 12.6. The first-order chi connectivity index (χ1) is 12.7. The number of alkyl halides is 3. The molecular formula is C20H22F3N3O. The molecule has 1 N–H and O–H groups in total. The van der Waals surface area contributed by atoms with Crippen molar-refractivity contribution in [2.75, 3.05) is 23.3 Å². The minimum Gasteiger partial charge on any atom is -0.357 e. The van der Waals surface area contributed by atoms with Gasteiger partial charge in [0.1, 0.15) is 5.82 Å². The van der Waals surface area contributed by atoms with Gasteiger partial charge in [0.05, 0.1) is 5.56 Å². The molecule has 1 saturated heterocycles. The zero-order valence-electron chi connectivity index (χ0n) is 15.3. The summed E-state index contributed by atoms with van der Waals surface area (Å²) in [6, 6.07) is 8.25. The number of rotatable bonds is 3. The lowest BCUT2D eigenvalue weighted by molar-refractivity contribution is -0.137. The van der Waals surface area contributed by atoms with Crippen LogP contribution >= 0.6 is 0 Å². The first-order valence-electron chi connectivity index (χ1n) is 8.90. The van der Waals surface area contributed by atoms with Crippen molar-refractivity contribution in [3.8, 4) is 0 Å². The second kappa shape index (κ2) is 7.58. The Kier molecular flexibility index (Phi) is 5.39. The van der Waals surface area contributed by atoms with Crippen LogP contribution in [0.4, 0.5) is 24.7 Å². The number of carbonyl (C=O) groups excluding carboxylic acids is 1. The molecule has 0 bridgehead atoms. The molecule has 7 heteroatoms. The number of pyridine rings is 1. The van der Waals surface area contributed by atoms with E-state index in [1.54, 1.807) is 0 Å². The lowest BCUT2D eigenvalue weighted by Crippen LogP contribution is -2.38. The van der Waals surface area contributed by atoms with Gasteiger partial charge in [0, 0.05) is 30.9 Å². The van der Waals surface area contributed by atoms with Crippen molar-refractivity contribution in [1.29, 1.82) is 0 Å². The van der Waals surface area contributed by atoms with Crippen molar-refractivity contribution in [1.82, 2.24) is 4.98 Å². The van der Waals surface area contributed by atoms with Gasteiger partial charge in [-0.2, -0.15) is 13.2 Å². The summed E-state index contributed by atoms with van der Waals surface area (Å²) in [6.45, 7) is 5.19. The summed E-state index contributed by atoms with van der Waals surface area (Å²) in [6.07, 6.45) is -2.25. The molecule has 0 spiro atoms. The Morgan fingerprint density at radius 2 is 1.81 bits per heavy atom. The standard InChI is InChI=1S/C20H22F3N3O/c1-13-3-5-17(11-14(13)2)25-19(27)15-7-9-26(10-8-15)18-6-4-16(12-24-18)20(21,22)23/h3-6,11-12,15H,7-10H2,1-2H3,(H,25,27). The van der Waals surface area contributed by atoms with Gasteiger partial charge in [-0.05, 0) is 62.1 Å². The van der Waals surface area contributed by atoms with Crippen molar-refractivity contribution < 1.29 is 18.0 Å². The minimum atomic E-state index is -4.38. The van der Waals surface area contributed by atoms with Crippen LogP contribution in [0, 0.1) is 19.8 Å². The normalized spacial score (nSPS) is 15.7. The third-order valence-corrected chi connectivity index (χ3v) is 5.04. The van der Waals surface area contributed by atoms with E-state index in [-0.39, 0.29) is 11.8 Å². The maximum absolute atomic E-state index is 12.6. The number of piperidine rings is 1. The number of halogens is 3. The second-order valence-electron chi connectivity index (χ2n) is 6.95. The van der Waals surface area contributed by atoms with Crippen molar-refractivity contribution >= 4 is 17.4 Å². The van der Waals surface area contributed by atoms with Gasteiger partial charge < -0.3 is 10.2 Å². The van der Waals surface area contributed by atoms with E-state index in [9.17, 15) is 18.0 Å². The average Bonchev–Trinajstić information content (AvgIpc) is 2.64. The van der Waals surface area contributed by atoms with E-state index in [0.29, 0.717) is 31.7 Å². The van der Waals surface area contributed by atoms with Crippen molar-refractivity contribution in [2.24, 2.45) is 5.92 Å². The van der Waals surface area contributed by atoms with Crippen molar-refractivity contribution in [3.05, 3.63) is 53.2 Å². The molecule has 3 rings (SSSR count). The Labute approximate surface area is 156 Å². The first kappa shape index (κ1) is 19.2. The van der Waals surface area contributed by atoms with E-state index in [0.717, 1.165) is 23.5 Å².